The van der Waals surface area contributed by atoms with E-state index >= 15 is 0 Å². The van der Waals surface area contributed by atoms with Crippen LogP contribution < -0.4 is 4.74 Å². The molecule has 1 amide bonds. The van der Waals surface area contributed by atoms with Crippen LogP contribution in [0.25, 0.3) is 11.4 Å². The van der Waals surface area contributed by atoms with Gasteiger partial charge in [-0.2, -0.15) is 4.98 Å². The highest BCUT2D eigenvalue weighted by Gasteiger charge is 2.32. The highest BCUT2D eigenvalue weighted by atomic mass is 19.1. The van der Waals surface area contributed by atoms with Gasteiger partial charge in [-0.05, 0) is 36.8 Å². The predicted molar refractivity (Wildman–Crippen MR) is 100 cm³/mol. The lowest BCUT2D eigenvalue weighted by atomic mass is 10.1. The number of hydrogen-bond donors (Lipinski definition) is 0. The first kappa shape index (κ1) is 18.2. The van der Waals surface area contributed by atoms with Gasteiger partial charge in [-0.3, -0.25) is 4.79 Å². The topological polar surface area (TPSA) is 68.5 Å². The number of benzene rings is 2. The van der Waals surface area contributed by atoms with Gasteiger partial charge in [0.15, 0.2) is 0 Å². The van der Waals surface area contributed by atoms with Gasteiger partial charge in [0, 0.05) is 12.8 Å². The van der Waals surface area contributed by atoms with Crippen LogP contribution in [0.3, 0.4) is 0 Å². The first-order chi connectivity index (χ1) is 13.6. The SMILES string of the molecule is Cc1cccc(OC2CN(C(=O)CCc3nc(-c4ccccc4F)no3)C2)c1. The highest BCUT2D eigenvalue weighted by molar-refractivity contribution is 5.77. The Morgan fingerprint density at radius 1 is 1.25 bits per heavy atom. The lowest BCUT2D eigenvalue weighted by Crippen LogP contribution is -2.56. The minimum absolute atomic E-state index is 0.00901. The van der Waals surface area contributed by atoms with Gasteiger partial charge in [-0.15, -0.1) is 0 Å². The third kappa shape index (κ3) is 4.03. The Kier molecular flexibility index (Phi) is 5.06. The Labute approximate surface area is 161 Å². The fourth-order valence-electron chi connectivity index (χ4n) is 3.08. The molecule has 28 heavy (non-hydrogen) atoms. The third-order valence-corrected chi connectivity index (χ3v) is 4.63. The zero-order valence-electron chi connectivity index (χ0n) is 15.5. The number of nitrogens with zero attached hydrogens (tertiary/aromatic N) is 3. The summed E-state index contributed by atoms with van der Waals surface area (Å²) in [4.78, 5) is 18.2. The normalized spacial score (nSPS) is 14.0. The van der Waals surface area contributed by atoms with Crippen LogP contribution in [0.1, 0.15) is 17.9 Å². The molecule has 2 aromatic carbocycles. The maximum Gasteiger partial charge on any atom is 0.227 e. The molecule has 2 heterocycles. The third-order valence-electron chi connectivity index (χ3n) is 4.63. The van der Waals surface area contributed by atoms with Crippen molar-refractivity contribution in [3.05, 3.63) is 65.8 Å². The summed E-state index contributed by atoms with van der Waals surface area (Å²) < 4.78 is 24.8. The van der Waals surface area contributed by atoms with E-state index in [4.69, 9.17) is 9.26 Å². The van der Waals surface area contributed by atoms with Crippen LogP contribution in [0.2, 0.25) is 0 Å². The maximum atomic E-state index is 13.8. The average Bonchev–Trinajstić information content (AvgIpc) is 3.11. The molecule has 1 saturated heterocycles. The van der Waals surface area contributed by atoms with Gasteiger partial charge in [0.2, 0.25) is 17.6 Å². The van der Waals surface area contributed by atoms with E-state index in [1.54, 1.807) is 23.1 Å². The van der Waals surface area contributed by atoms with Crippen molar-refractivity contribution in [2.45, 2.75) is 25.9 Å². The zero-order chi connectivity index (χ0) is 19.5. The van der Waals surface area contributed by atoms with Crippen molar-refractivity contribution in [2.75, 3.05) is 13.1 Å². The molecule has 0 bridgehead atoms. The summed E-state index contributed by atoms with van der Waals surface area (Å²) in [6.45, 7) is 3.15. The number of halogens is 1. The quantitative estimate of drug-likeness (QED) is 0.655. The standard InChI is InChI=1S/C21H20FN3O3/c1-14-5-4-6-15(11-14)27-16-12-25(13-16)20(26)10-9-19-23-21(24-28-19)17-7-2-3-8-18(17)22/h2-8,11,16H,9-10,12-13H2,1H3. The molecular formula is C21H20FN3O3. The number of carbonyl (C=O) groups is 1. The molecule has 0 spiro atoms. The number of aromatic nitrogens is 2. The Morgan fingerprint density at radius 3 is 2.86 bits per heavy atom. The summed E-state index contributed by atoms with van der Waals surface area (Å²) >= 11 is 0. The number of ether oxygens (including phenoxy) is 1. The van der Waals surface area contributed by atoms with Crippen molar-refractivity contribution in [3.63, 3.8) is 0 Å². The zero-order valence-corrected chi connectivity index (χ0v) is 15.5. The van der Waals surface area contributed by atoms with Gasteiger partial charge in [0.05, 0.1) is 18.7 Å². The van der Waals surface area contributed by atoms with E-state index in [2.05, 4.69) is 10.1 Å². The highest BCUT2D eigenvalue weighted by Crippen LogP contribution is 2.21. The van der Waals surface area contributed by atoms with Crippen LogP contribution in [0.4, 0.5) is 4.39 Å². The molecule has 1 aromatic heterocycles. The Morgan fingerprint density at radius 2 is 2.07 bits per heavy atom. The molecule has 7 heteroatoms. The fraction of sp³-hybridized carbons (Fsp3) is 0.286. The molecule has 6 nitrogen and oxygen atoms in total. The van der Waals surface area contributed by atoms with Crippen LogP contribution in [-0.4, -0.2) is 40.1 Å². The second-order valence-corrected chi connectivity index (χ2v) is 6.85. The second kappa shape index (κ2) is 7.80. The molecule has 3 aromatic rings. The summed E-state index contributed by atoms with van der Waals surface area (Å²) in [5, 5.41) is 3.80. The second-order valence-electron chi connectivity index (χ2n) is 6.85. The van der Waals surface area contributed by atoms with Crippen molar-refractivity contribution < 1.29 is 18.4 Å². The first-order valence-electron chi connectivity index (χ1n) is 9.17. The van der Waals surface area contributed by atoms with Crippen molar-refractivity contribution >= 4 is 5.91 Å². The van der Waals surface area contributed by atoms with E-state index in [1.165, 1.54) is 6.07 Å². The van der Waals surface area contributed by atoms with Crippen LogP contribution in [0.5, 0.6) is 5.75 Å². The van der Waals surface area contributed by atoms with Crippen LogP contribution >= 0.6 is 0 Å². The lowest BCUT2D eigenvalue weighted by molar-refractivity contribution is -0.140. The van der Waals surface area contributed by atoms with Crippen molar-refractivity contribution in [1.82, 2.24) is 15.0 Å². The molecule has 0 aliphatic carbocycles. The molecule has 144 valence electrons. The Bertz CT molecular complexity index is 982. The summed E-state index contributed by atoms with van der Waals surface area (Å²) in [5.41, 5.74) is 1.42. The van der Waals surface area contributed by atoms with Crippen molar-refractivity contribution in [1.29, 1.82) is 0 Å². The number of hydrogen-bond acceptors (Lipinski definition) is 5. The van der Waals surface area contributed by atoms with Gasteiger partial charge in [-0.1, -0.05) is 29.4 Å². The number of carbonyl (C=O) groups excluding carboxylic acids is 1. The Hall–Kier alpha value is -3.22. The van der Waals surface area contributed by atoms with Gasteiger partial charge < -0.3 is 14.2 Å². The first-order valence-corrected chi connectivity index (χ1v) is 9.17. The molecule has 0 radical (unpaired) electrons. The van der Waals surface area contributed by atoms with E-state index in [0.29, 0.717) is 25.4 Å². The molecule has 1 aliphatic heterocycles. The summed E-state index contributed by atoms with van der Waals surface area (Å²) in [6, 6.07) is 14.1. The molecule has 0 unspecified atom stereocenters. The summed E-state index contributed by atoms with van der Waals surface area (Å²) in [5.74, 6) is 0.931. The van der Waals surface area contributed by atoms with E-state index < -0.39 is 5.82 Å². The lowest BCUT2D eigenvalue weighted by Gasteiger charge is -2.39. The minimum atomic E-state index is -0.411. The van der Waals surface area contributed by atoms with Crippen LogP contribution in [-0.2, 0) is 11.2 Å². The number of amides is 1. The molecule has 0 saturated carbocycles. The molecule has 1 aliphatic rings. The Balaban J connectivity index is 1.25. The largest absolute Gasteiger partial charge is 0.487 e. The van der Waals surface area contributed by atoms with Gasteiger partial charge in [0.1, 0.15) is 17.7 Å². The monoisotopic (exact) mass is 381 g/mol. The van der Waals surface area contributed by atoms with Gasteiger partial charge in [0.25, 0.3) is 0 Å². The summed E-state index contributed by atoms with van der Waals surface area (Å²) in [6.07, 6.45) is 0.595. The molecular weight excluding hydrogens is 361 g/mol. The predicted octanol–water partition coefficient (Wildman–Crippen LogP) is 3.41. The number of aryl methyl sites for hydroxylation is 2. The van der Waals surface area contributed by atoms with E-state index in [1.807, 2.05) is 31.2 Å². The smallest absolute Gasteiger partial charge is 0.227 e. The molecule has 0 N–H and O–H groups in total. The van der Waals surface area contributed by atoms with Crippen LogP contribution in [0.15, 0.2) is 53.1 Å². The average molecular weight is 381 g/mol. The van der Waals surface area contributed by atoms with Gasteiger partial charge in [-0.25, -0.2) is 4.39 Å². The van der Waals surface area contributed by atoms with Crippen molar-refractivity contribution in [3.8, 4) is 17.1 Å². The summed E-state index contributed by atoms with van der Waals surface area (Å²) in [7, 11) is 0. The fourth-order valence-corrected chi connectivity index (χ4v) is 3.08. The van der Waals surface area contributed by atoms with E-state index in [9.17, 15) is 9.18 Å². The molecule has 1 fully saturated rings. The van der Waals surface area contributed by atoms with Gasteiger partial charge >= 0.3 is 0 Å². The number of rotatable bonds is 6. The van der Waals surface area contributed by atoms with E-state index in [0.717, 1.165) is 11.3 Å². The molecule has 0 atom stereocenters. The van der Waals surface area contributed by atoms with Crippen molar-refractivity contribution in [2.24, 2.45) is 0 Å². The minimum Gasteiger partial charge on any atom is -0.487 e. The van der Waals surface area contributed by atoms with E-state index in [-0.39, 0.29) is 29.8 Å². The number of likely N-dealkylation sites (tertiary alicyclic amines) is 1. The molecule has 4 rings (SSSR count). The van der Waals surface area contributed by atoms with Crippen LogP contribution in [0, 0.1) is 12.7 Å². The maximum absolute atomic E-state index is 13.8.